The number of carbonyl (C=O) groups excluding carboxylic acids is 1. The second kappa shape index (κ2) is 5.00. The van der Waals surface area contributed by atoms with Crippen molar-refractivity contribution in [3.05, 3.63) is 23.8 Å². The van der Waals surface area contributed by atoms with Crippen LogP contribution in [0.5, 0.6) is 0 Å². The molecule has 5 heteroatoms. The van der Waals surface area contributed by atoms with E-state index in [0.717, 1.165) is 43.3 Å². The molecular weight excluding hydrogens is 264 g/mol. The molecule has 0 bridgehead atoms. The highest BCUT2D eigenvalue weighted by molar-refractivity contribution is 6.02. The Kier molecular flexibility index (Phi) is 3.12. The minimum Gasteiger partial charge on any atom is -0.369 e. The summed E-state index contributed by atoms with van der Waals surface area (Å²) >= 11 is 0. The Morgan fingerprint density at radius 2 is 1.95 bits per heavy atom. The van der Waals surface area contributed by atoms with Crippen LogP contribution in [0.2, 0.25) is 0 Å². The molecule has 2 fully saturated rings. The number of piperazine rings is 1. The lowest BCUT2D eigenvalue weighted by Gasteiger charge is -2.36. The summed E-state index contributed by atoms with van der Waals surface area (Å²) in [4.78, 5) is 16.6. The smallest absolute Gasteiger partial charge is 0.245 e. The quantitative estimate of drug-likeness (QED) is 0.875. The van der Waals surface area contributed by atoms with Crippen LogP contribution >= 0.6 is 0 Å². The fourth-order valence-electron chi connectivity index (χ4n) is 3.33. The van der Waals surface area contributed by atoms with Crippen molar-refractivity contribution in [2.24, 2.45) is 11.7 Å². The van der Waals surface area contributed by atoms with Gasteiger partial charge in [0.05, 0.1) is 0 Å². The molecular formula is C16H22N4O. The molecule has 1 amide bonds. The zero-order valence-corrected chi connectivity index (χ0v) is 12.2. The number of hydrogen-bond donors (Lipinski definition) is 2. The maximum absolute atomic E-state index is 11.6. The molecule has 0 radical (unpaired) electrons. The Bertz CT molecular complexity index is 561. The first-order chi connectivity index (χ1) is 10.2. The van der Waals surface area contributed by atoms with Gasteiger partial charge in [0.15, 0.2) is 0 Å². The number of nitrogens with zero attached hydrogens (tertiary/aromatic N) is 2. The van der Waals surface area contributed by atoms with Crippen LogP contribution in [0.1, 0.15) is 24.4 Å². The molecule has 3 aliphatic rings. The highest BCUT2D eigenvalue weighted by Gasteiger charge is 2.29. The number of benzene rings is 1. The molecule has 0 aromatic heterocycles. The second-order valence-electron chi connectivity index (χ2n) is 6.47. The molecule has 1 saturated carbocycles. The van der Waals surface area contributed by atoms with Crippen LogP contribution in [0, 0.1) is 5.92 Å². The van der Waals surface area contributed by atoms with Crippen molar-refractivity contribution < 1.29 is 4.79 Å². The van der Waals surface area contributed by atoms with Gasteiger partial charge in [0.1, 0.15) is 6.04 Å². The summed E-state index contributed by atoms with van der Waals surface area (Å²) in [5.74, 6) is 0.865. The number of hydrogen-bond acceptors (Lipinski definition) is 4. The van der Waals surface area contributed by atoms with E-state index in [1.54, 1.807) is 0 Å². The molecule has 1 aromatic rings. The van der Waals surface area contributed by atoms with Crippen LogP contribution in [0.15, 0.2) is 18.2 Å². The highest BCUT2D eigenvalue weighted by Crippen LogP contribution is 2.33. The monoisotopic (exact) mass is 286 g/mol. The van der Waals surface area contributed by atoms with Crippen molar-refractivity contribution in [2.75, 3.05) is 42.9 Å². The van der Waals surface area contributed by atoms with Crippen molar-refractivity contribution in [3.8, 4) is 0 Å². The number of nitrogens with two attached hydrogens (primary N) is 1. The predicted octanol–water partition coefficient (Wildman–Crippen LogP) is 1.17. The van der Waals surface area contributed by atoms with E-state index < -0.39 is 6.04 Å². The average molecular weight is 286 g/mol. The van der Waals surface area contributed by atoms with Crippen LogP contribution in [0.3, 0.4) is 0 Å². The largest absolute Gasteiger partial charge is 0.369 e. The van der Waals surface area contributed by atoms with E-state index in [9.17, 15) is 4.79 Å². The van der Waals surface area contributed by atoms with E-state index in [2.05, 4.69) is 27.2 Å². The maximum Gasteiger partial charge on any atom is 0.245 e. The SMILES string of the molecule is NC1C(=O)Nc2cc(N3CCN(CC4CC4)CC3)ccc21. The summed E-state index contributed by atoms with van der Waals surface area (Å²) in [6, 6.07) is 5.64. The zero-order chi connectivity index (χ0) is 14.4. The van der Waals surface area contributed by atoms with E-state index in [0.29, 0.717) is 0 Å². The van der Waals surface area contributed by atoms with Gasteiger partial charge in [0.25, 0.3) is 0 Å². The molecule has 1 saturated heterocycles. The fourth-order valence-corrected chi connectivity index (χ4v) is 3.33. The molecule has 1 aromatic carbocycles. The molecule has 21 heavy (non-hydrogen) atoms. The van der Waals surface area contributed by atoms with Gasteiger partial charge in [-0.25, -0.2) is 0 Å². The number of amides is 1. The van der Waals surface area contributed by atoms with Gasteiger partial charge in [0, 0.05) is 49.7 Å². The molecule has 112 valence electrons. The minimum atomic E-state index is -0.510. The average Bonchev–Trinajstić information content (AvgIpc) is 3.26. The molecule has 2 aliphatic heterocycles. The van der Waals surface area contributed by atoms with Crippen LogP contribution in [0.4, 0.5) is 11.4 Å². The Morgan fingerprint density at radius 3 is 2.67 bits per heavy atom. The Hall–Kier alpha value is -1.59. The lowest BCUT2D eigenvalue weighted by molar-refractivity contribution is -0.116. The van der Waals surface area contributed by atoms with Gasteiger partial charge in [-0.2, -0.15) is 0 Å². The van der Waals surface area contributed by atoms with Crippen molar-refractivity contribution in [1.29, 1.82) is 0 Å². The third-order valence-corrected chi connectivity index (χ3v) is 4.86. The van der Waals surface area contributed by atoms with Crippen LogP contribution in [0.25, 0.3) is 0 Å². The van der Waals surface area contributed by atoms with E-state index in [1.165, 1.54) is 25.1 Å². The third-order valence-electron chi connectivity index (χ3n) is 4.86. The van der Waals surface area contributed by atoms with Gasteiger partial charge in [-0.15, -0.1) is 0 Å². The molecule has 1 unspecified atom stereocenters. The lowest BCUT2D eigenvalue weighted by Crippen LogP contribution is -2.47. The molecule has 2 heterocycles. The Labute approximate surface area is 125 Å². The lowest BCUT2D eigenvalue weighted by atomic mass is 10.1. The van der Waals surface area contributed by atoms with Crippen molar-refractivity contribution in [3.63, 3.8) is 0 Å². The third kappa shape index (κ3) is 2.51. The van der Waals surface area contributed by atoms with Crippen molar-refractivity contribution in [1.82, 2.24) is 4.90 Å². The fraction of sp³-hybridized carbons (Fsp3) is 0.562. The highest BCUT2D eigenvalue weighted by atomic mass is 16.2. The Balaban J connectivity index is 1.43. The first-order valence-corrected chi connectivity index (χ1v) is 7.88. The van der Waals surface area contributed by atoms with Gasteiger partial charge in [-0.05, 0) is 30.9 Å². The zero-order valence-electron chi connectivity index (χ0n) is 12.2. The van der Waals surface area contributed by atoms with Crippen LogP contribution < -0.4 is 16.0 Å². The van der Waals surface area contributed by atoms with Gasteiger partial charge >= 0.3 is 0 Å². The van der Waals surface area contributed by atoms with Gasteiger partial charge in [-0.3, -0.25) is 9.69 Å². The van der Waals surface area contributed by atoms with Gasteiger partial charge in [0.2, 0.25) is 5.91 Å². The molecule has 5 nitrogen and oxygen atoms in total. The molecule has 4 rings (SSSR count). The standard InChI is InChI=1S/C16H22N4O/c17-15-13-4-3-12(9-14(13)18-16(15)21)20-7-5-19(6-8-20)10-11-1-2-11/h3-4,9,11,15H,1-2,5-8,10,17H2,(H,18,21). The van der Waals surface area contributed by atoms with E-state index in [-0.39, 0.29) is 5.91 Å². The first-order valence-electron chi connectivity index (χ1n) is 7.88. The predicted molar refractivity (Wildman–Crippen MR) is 83.4 cm³/mol. The summed E-state index contributed by atoms with van der Waals surface area (Å²) in [5, 5.41) is 2.87. The van der Waals surface area contributed by atoms with Crippen molar-refractivity contribution in [2.45, 2.75) is 18.9 Å². The maximum atomic E-state index is 11.6. The van der Waals surface area contributed by atoms with Gasteiger partial charge in [-0.1, -0.05) is 6.07 Å². The second-order valence-corrected chi connectivity index (χ2v) is 6.47. The molecule has 1 aliphatic carbocycles. The summed E-state index contributed by atoms with van der Waals surface area (Å²) in [6.07, 6.45) is 2.84. The number of fused-ring (bicyclic) bond motifs is 1. The van der Waals surface area contributed by atoms with Crippen LogP contribution in [-0.2, 0) is 4.79 Å². The number of anilines is 2. The summed E-state index contributed by atoms with van der Waals surface area (Å²) in [5.41, 5.74) is 8.84. The Morgan fingerprint density at radius 1 is 1.19 bits per heavy atom. The topological polar surface area (TPSA) is 61.6 Å². The van der Waals surface area contributed by atoms with Crippen LogP contribution in [-0.4, -0.2) is 43.5 Å². The van der Waals surface area contributed by atoms with E-state index >= 15 is 0 Å². The molecule has 3 N–H and O–H groups in total. The molecule has 1 atom stereocenters. The number of nitrogens with one attached hydrogen (secondary N) is 1. The van der Waals surface area contributed by atoms with E-state index in [1.807, 2.05) is 6.07 Å². The summed E-state index contributed by atoms with van der Waals surface area (Å²) in [7, 11) is 0. The van der Waals surface area contributed by atoms with E-state index in [4.69, 9.17) is 5.73 Å². The number of rotatable bonds is 3. The normalized spacial score (nSPS) is 25.9. The summed E-state index contributed by atoms with van der Waals surface area (Å²) < 4.78 is 0. The molecule has 0 spiro atoms. The first kappa shape index (κ1) is 13.1. The number of carbonyl (C=O) groups is 1. The van der Waals surface area contributed by atoms with Crippen molar-refractivity contribution >= 4 is 17.3 Å². The van der Waals surface area contributed by atoms with Gasteiger partial charge < -0.3 is 16.0 Å². The minimum absolute atomic E-state index is 0.101. The summed E-state index contributed by atoms with van der Waals surface area (Å²) in [6.45, 7) is 5.68.